The minimum absolute atomic E-state index is 0.345. The topological polar surface area (TPSA) is 58.2 Å². The van der Waals surface area contributed by atoms with Crippen molar-refractivity contribution in [1.82, 2.24) is 10.9 Å². The number of rotatable bonds is 4. The minimum atomic E-state index is -0.492. The van der Waals surface area contributed by atoms with Crippen LogP contribution < -0.4 is 10.9 Å². The van der Waals surface area contributed by atoms with Crippen LogP contribution in [-0.4, -0.2) is 11.8 Å². The molecule has 3 aromatic carbocycles. The van der Waals surface area contributed by atoms with Crippen LogP contribution in [0, 0.1) is 5.82 Å². The molecule has 4 nitrogen and oxygen atoms in total. The molecule has 0 aliphatic carbocycles. The van der Waals surface area contributed by atoms with Crippen LogP contribution in [0.1, 0.15) is 15.9 Å². The highest BCUT2D eigenvalue weighted by Crippen LogP contribution is 2.19. The summed E-state index contributed by atoms with van der Waals surface area (Å²) in [5.74, 6) is -1.26. The summed E-state index contributed by atoms with van der Waals surface area (Å²) in [6.45, 7) is 0. The van der Waals surface area contributed by atoms with Gasteiger partial charge in [-0.25, -0.2) is 4.39 Å². The SMILES string of the molecule is O=C(/C=C/c1ccc(F)cc1)NNC(=O)c1ccc(-c2ccccc2)cc1. The Kier molecular flexibility index (Phi) is 5.74. The number of hydrazine groups is 1. The summed E-state index contributed by atoms with van der Waals surface area (Å²) in [7, 11) is 0. The van der Waals surface area contributed by atoms with E-state index in [9.17, 15) is 14.0 Å². The molecule has 0 heterocycles. The van der Waals surface area contributed by atoms with Crippen molar-refractivity contribution in [1.29, 1.82) is 0 Å². The van der Waals surface area contributed by atoms with E-state index in [2.05, 4.69) is 10.9 Å². The molecular formula is C22H17FN2O2. The van der Waals surface area contributed by atoms with Crippen LogP contribution in [0.15, 0.2) is 84.9 Å². The van der Waals surface area contributed by atoms with Crippen molar-refractivity contribution in [3.8, 4) is 11.1 Å². The minimum Gasteiger partial charge on any atom is -0.268 e. The number of carbonyl (C=O) groups excluding carboxylic acids is 2. The van der Waals surface area contributed by atoms with Crippen LogP contribution in [-0.2, 0) is 4.79 Å². The van der Waals surface area contributed by atoms with Gasteiger partial charge in [0.05, 0.1) is 0 Å². The van der Waals surface area contributed by atoms with Crippen molar-refractivity contribution in [2.45, 2.75) is 0 Å². The van der Waals surface area contributed by atoms with Crippen molar-refractivity contribution < 1.29 is 14.0 Å². The first-order chi connectivity index (χ1) is 13.1. The molecule has 0 bridgehead atoms. The first-order valence-electron chi connectivity index (χ1n) is 8.31. The summed E-state index contributed by atoms with van der Waals surface area (Å²) in [6.07, 6.45) is 2.78. The molecule has 3 rings (SSSR count). The third-order valence-corrected chi connectivity index (χ3v) is 3.85. The van der Waals surface area contributed by atoms with E-state index < -0.39 is 11.8 Å². The average Bonchev–Trinajstić information content (AvgIpc) is 2.72. The van der Waals surface area contributed by atoms with Gasteiger partial charge in [-0.2, -0.15) is 0 Å². The van der Waals surface area contributed by atoms with Gasteiger partial charge in [0.25, 0.3) is 11.8 Å². The van der Waals surface area contributed by atoms with Crippen LogP contribution in [0.25, 0.3) is 17.2 Å². The maximum Gasteiger partial charge on any atom is 0.269 e. The number of carbonyl (C=O) groups is 2. The predicted octanol–water partition coefficient (Wildman–Crippen LogP) is 3.97. The first kappa shape index (κ1) is 18.1. The molecule has 0 unspecified atom stereocenters. The zero-order valence-electron chi connectivity index (χ0n) is 14.4. The third-order valence-electron chi connectivity index (χ3n) is 3.85. The summed E-state index contributed by atoms with van der Waals surface area (Å²) in [6, 6.07) is 22.6. The van der Waals surface area contributed by atoms with Crippen LogP contribution in [0.2, 0.25) is 0 Å². The van der Waals surface area contributed by atoms with Gasteiger partial charge in [-0.1, -0.05) is 54.6 Å². The van der Waals surface area contributed by atoms with Gasteiger partial charge in [0.15, 0.2) is 0 Å². The smallest absolute Gasteiger partial charge is 0.268 e. The van der Waals surface area contributed by atoms with E-state index in [4.69, 9.17) is 0 Å². The predicted molar refractivity (Wildman–Crippen MR) is 103 cm³/mol. The Morgan fingerprint density at radius 1 is 0.741 bits per heavy atom. The fourth-order valence-electron chi connectivity index (χ4n) is 2.42. The second-order valence-corrected chi connectivity index (χ2v) is 5.77. The molecule has 2 N–H and O–H groups in total. The quantitative estimate of drug-likeness (QED) is 0.546. The van der Waals surface area contributed by atoms with Crippen LogP contribution >= 0.6 is 0 Å². The van der Waals surface area contributed by atoms with Gasteiger partial charge >= 0.3 is 0 Å². The summed E-state index contributed by atoms with van der Waals surface area (Å²) >= 11 is 0. The van der Waals surface area contributed by atoms with Crippen molar-refractivity contribution in [2.75, 3.05) is 0 Å². The summed E-state index contributed by atoms with van der Waals surface area (Å²) in [4.78, 5) is 23.9. The molecule has 27 heavy (non-hydrogen) atoms. The molecule has 0 saturated carbocycles. The molecule has 0 aromatic heterocycles. The Labute approximate surface area is 156 Å². The Morgan fingerprint density at radius 2 is 1.37 bits per heavy atom. The average molecular weight is 360 g/mol. The maximum atomic E-state index is 12.8. The Bertz CT molecular complexity index is 950. The van der Waals surface area contributed by atoms with Gasteiger partial charge < -0.3 is 0 Å². The van der Waals surface area contributed by atoms with E-state index in [1.165, 1.54) is 24.3 Å². The van der Waals surface area contributed by atoms with Gasteiger partial charge in [0, 0.05) is 11.6 Å². The molecule has 134 valence electrons. The molecule has 0 saturated heterocycles. The molecule has 5 heteroatoms. The molecule has 3 aromatic rings. The van der Waals surface area contributed by atoms with E-state index in [-0.39, 0.29) is 5.82 Å². The molecule has 0 fully saturated rings. The molecular weight excluding hydrogens is 343 g/mol. The van der Waals surface area contributed by atoms with Crippen molar-refractivity contribution in [2.24, 2.45) is 0 Å². The number of halogens is 1. The fraction of sp³-hybridized carbons (Fsp3) is 0. The lowest BCUT2D eigenvalue weighted by atomic mass is 10.0. The fourth-order valence-corrected chi connectivity index (χ4v) is 2.42. The molecule has 0 spiro atoms. The highest BCUT2D eigenvalue weighted by atomic mass is 19.1. The van der Waals surface area contributed by atoms with Gasteiger partial charge in [-0.15, -0.1) is 0 Å². The highest BCUT2D eigenvalue weighted by Gasteiger charge is 2.06. The second-order valence-electron chi connectivity index (χ2n) is 5.77. The zero-order chi connectivity index (χ0) is 19.1. The summed E-state index contributed by atoms with van der Waals surface area (Å²) in [5, 5.41) is 0. The molecule has 0 aliphatic heterocycles. The summed E-state index contributed by atoms with van der Waals surface area (Å²) < 4.78 is 12.8. The zero-order valence-corrected chi connectivity index (χ0v) is 14.4. The van der Waals surface area contributed by atoms with Crippen molar-refractivity contribution in [3.63, 3.8) is 0 Å². The lowest BCUT2D eigenvalue weighted by Gasteiger charge is -2.06. The molecule has 0 aliphatic rings. The number of hydrogen-bond acceptors (Lipinski definition) is 2. The van der Waals surface area contributed by atoms with Gasteiger partial charge in [-0.05, 0) is 47.0 Å². The normalized spacial score (nSPS) is 10.6. The van der Waals surface area contributed by atoms with Crippen molar-refractivity contribution >= 4 is 17.9 Å². The van der Waals surface area contributed by atoms with Crippen LogP contribution in [0.3, 0.4) is 0 Å². The third kappa shape index (κ3) is 5.12. The van der Waals surface area contributed by atoms with Gasteiger partial charge in [-0.3, -0.25) is 20.4 Å². The lowest BCUT2D eigenvalue weighted by Crippen LogP contribution is -2.40. The van der Waals surface area contributed by atoms with E-state index in [1.54, 1.807) is 24.3 Å². The number of nitrogens with one attached hydrogen (secondary N) is 2. The number of benzene rings is 3. The van der Waals surface area contributed by atoms with Crippen LogP contribution in [0.4, 0.5) is 4.39 Å². The van der Waals surface area contributed by atoms with E-state index in [0.717, 1.165) is 11.1 Å². The largest absolute Gasteiger partial charge is 0.269 e. The molecule has 0 atom stereocenters. The van der Waals surface area contributed by atoms with Crippen LogP contribution in [0.5, 0.6) is 0 Å². The second kappa shape index (κ2) is 8.58. The van der Waals surface area contributed by atoms with Gasteiger partial charge in [0.2, 0.25) is 0 Å². The Hall–Kier alpha value is -3.73. The summed E-state index contributed by atoms with van der Waals surface area (Å²) in [5.41, 5.74) is 7.82. The molecule has 0 radical (unpaired) electrons. The van der Waals surface area contributed by atoms with E-state index in [1.807, 2.05) is 42.5 Å². The maximum absolute atomic E-state index is 12.8. The first-order valence-corrected chi connectivity index (χ1v) is 8.31. The van der Waals surface area contributed by atoms with E-state index >= 15 is 0 Å². The monoisotopic (exact) mass is 360 g/mol. The lowest BCUT2D eigenvalue weighted by molar-refractivity contribution is -0.117. The highest BCUT2D eigenvalue weighted by molar-refractivity contribution is 5.98. The number of amides is 2. The Balaban J connectivity index is 1.54. The van der Waals surface area contributed by atoms with Gasteiger partial charge in [0.1, 0.15) is 5.82 Å². The molecule has 2 amide bonds. The van der Waals surface area contributed by atoms with E-state index in [0.29, 0.717) is 11.1 Å². The van der Waals surface area contributed by atoms with Crippen molar-refractivity contribution in [3.05, 3.63) is 102 Å². The number of hydrogen-bond donors (Lipinski definition) is 2. The standard InChI is InChI=1S/C22H17FN2O2/c23-20-13-6-16(7-14-20)8-15-21(26)24-25-22(27)19-11-9-18(10-12-19)17-4-2-1-3-5-17/h1-15H,(H,24,26)(H,25,27)/b15-8+. The Morgan fingerprint density at radius 3 is 2.04 bits per heavy atom.